The van der Waals surface area contributed by atoms with E-state index in [1.54, 1.807) is 19.6 Å². The van der Waals surface area contributed by atoms with Gasteiger partial charge in [-0.25, -0.2) is 9.78 Å². The van der Waals surface area contributed by atoms with Crippen molar-refractivity contribution in [1.82, 2.24) is 15.0 Å². The normalized spacial score (nSPS) is 12.7. The molecule has 0 atom stereocenters. The molecule has 0 saturated heterocycles. The minimum atomic E-state index is -0.405. The topological polar surface area (TPSA) is 74.4 Å². The van der Waals surface area contributed by atoms with Gasteiger partial charge in [0.25, 0.3) is 0 Å². The van der Waals surface area contributed by atoms with Crippen LogP contribution in [0.3, 0.4) is 0 Å². The Bertz CT molecular complexity index is 911. The summed E-state index contributed by atoms with van der Waals surface area (Å²) in [5.74, 6) is 0. The number of carbonyl (C=O) groups excluding carboxylic acids is 1. The first-order chi connectivity index (χ1) is 13.2. The fourth-order valence-electron chi connectivity index (χ4n) is 3.20. The number of rotatable bonds is 5. The highest BCUT2D eigenvalue weighted by Crippen LogP contribution is 2.33. The Kier molecular flexibility index (Phi) is 4.74. The number of hydrogen-bond acceptors (Lipinski definition) is 5. The zero-order valence-electron chi connectivity index (χ0n) is 15.1. The lowest BCUT2D eigenvalue weighted by Gasteiger charge is -2.21. The summed E-state index contributed by atoms with van der Waals surface area (Å²) in [5.41, 5.74) is 4.94. The quantitative estimate of drug-likeness (QED) is 0.754. The Balaban J connectivity index is 1.45. The molecule has 1 aliphatic heterocycles. The number of nitrogens with zero attached hydrogens (tertiary/aromatic N) is 4. The van der Waals surface area contributed by atoms with Crippen LogP contribution in [0.5, 0.6) is 0 Å². The number of amides is 1. The molecule has 0 aliphatic carbocycles. The molecule has 0 bridgehead atoms. The van der Waals surface area contributed by atoms with Crippen molar-refractivity contribution >= 4 is 17.5 Å². The van der Waals surface area contributed by atoms with Gasteiger partial charge in [-0.2, -0.15) is 0 Å². The molecule has 2 aromatic heterocycles. The Labute approximate surface area is 157 Å². The highest BCUT2D eigenvalue weighted by Gasteiger charge is 2.22. The fourth-order valence-corrected chi connectivity index (χ4v) is 3.20. The second-order valence-corrected chi connectivity index (χ2v) is 6.48. The molecule has 0 unspecified atom stereocenters. The third-order valence-corrected chi connectivity index (χ3v) is 4.70. The molecule has 3 aromatic rings. The molecule has 0 radical (unpaired) electrons. The number of H-pyrrole nitrogens is 1. The van der Waals surface area contributed by atoms with Crippen molar-refractivity contribution in [1.29, 1.82) is 0 Å². The van der Waals surface area contributed by atoms with E-state index in [0.29, 0.717) is 0 Å². The number of imidazole rings is 1. The molecule has 7 nitrogen and oxygen atoms in total. The van der Waals surface area contributed by atoms with Gasteiger partial charge in [-0.05, 0) is 36.2 Å². The molecular formula is C20H21N5O2. The van der Waals surface area contributed by atoms with Crippen LogP contribution < -0.4 is 9.80 Å². The molecule has 7 heteroatoms. The van der Waals surface area contributed by atoms with E-state index in [4.69, 9.17) is 4.74 Å². The largest absolute Gasteiger partial charge is 0.443 e. The predicted octanol–water partition coefficient (Wildman–Crippen LogP) is 3.14. The first-order valence-corrected chi connectivity index (χ1v) is 8.86. The van der Waals surface area contributed by atoms with Crippen molar-refractivity contribution < 1.29 is 9.53 Å². The molecule has 1 amide bonds. The van der Waals surface area contributed by atoms with Gasteiger partial charge in [0.2, 0.25) is 0 Å². The molecule has 1 N–H and O–H groups in total. The van der Waals surface area contributed by atoms with E-state index in [2.05, 4.69) is 25.9 Å². The van der Waals surface area contributed by atoms with E-state index in [1.165, 1.54) is 10.5 Å². The Hall–Kier alpha value is -3.35. The lowest BCUT2D eigenvalue weighted by molar-refractivity contribution is 0.147. The number of nitrogens with one attached hydrogen (secondary N) is 1. The van der Waals surface area contributed by atoms with Crippen molar-refractivity contribution in [2.24, 2.45) is 0 Å². The zero-order chi connectivity index (χ0) is 18.6. The second-order valence-electron chi connectivity index (χ2n) is 6.48. The van der Waals surface area contributed by atoms with Crippen LogP contribution in [-0.4, -0.2) is 34.6 Å². The Morgan fingerprint density at radius 3 is 2.96 bits per heavy atom. The maximum Gasteiger partial charge on any atom is 0.414 e. The van der Waals surface area contributed by atoms with E-state index in [-0.39, 0.29) is 6.61 Å². The van der Waals surface area contributed by atoms with E-state index in [0.717, 1.165) is 42.3 Å². The maximum absolute atomic E-state index is 12.4. The summed E-state index contributed by atoms with van der Waals surface area (Å²) in [5, 5.41) is 0. The van der Waals surface area contributed by atoms with Gasteiger partial charge < -0.3 is 14.6 Å². The Morgan fingerprint density at radius 1 is 1.26 bits per heavy atom. The van der Waals surface area contributed by atoms with Crippen LogP contribution in [0.4, 0.5) is 16.2 Å². The van der Waals surface area contributed by atoms with Crippen LogP contribution in [0.1, 0.15) is 17.0 Å². The summed E-state index contributed by atoms with van der Waals surface area (Å²) in [6, 6.07) is 11.6. The van der Waals surface area contributed by atoms with Crippen LogP contribution in [0, 0.1) is 0 Å². The van der Waals surface area contributed by atoms with Crippen molar-refractivity contribution in [2.75, 3.05) is 23.4 Å². The third kappa shape index (κ3) is 3.76. The van der Waals surface area contributed by atoms with Crippen molar-refractivity contribution in [3.63, 3.8) is 0 Å². The van der Waals surface area contributed by atoms with Crippen LogP contribution in [-0.2, 0) is 24.3 Å². The number of anilines is 2. The number of aromatic nitrogens is 3. The van der Waals surface area contributed by atoms with Crippen LogP contribution in [0.2, 0.25) is 0 Å². The molecule has 27 heavy (non-hydrogen) atoms. The van der Waals surface area contributed by atoms with E-state index in [9.17, 15) is 4.79 Å². The summed E-state index contributed by atoms with van der Waals surface area (Å²) in [6.07, 6.45) is 5.86. The average Bonchev–Trinajstić information content (AvgIpc) is 3.36. The number of carbonyl (C=O) groups is 1. The van der Waals surface area contributed by atoms with E-state index < -0.39 is 6.09 Å². The molecule has 1 aliphatic rings. The number of pyridine rings is 1. The highest BCUT2D eigenvalue weighted by molar-refractivity contribution is 5.88. The van der Waals surface area contributed by atoms with Gasteiger partial charge >= 0.3 is 6.09 Å². The molecule has 0 saturated carbocycles. The number of ether oxygens (including phenoxy) is 1. The van der Waals surface area contributed by atoms with Crippen LogP contribution in [0.25, 0.3) is 0 Å². The van der Waals surface area contributed by atoms with E-state index in [1.807, 2.05) is 36.5 Å². The molecular weight excluding hydrogens is 342 g/mol. The van der Waals surface area contributed by atoms with Gasteiger partial charge in [-0.15, -0.1) is 0 Å². The molecule has 1 aromatic carbocycles. The van der Waals surface area contributed by atoms with Gasteiger partial charge in [0.1, 0.15) is 6.61 Å². The number of aromatic amines is 1. The summed E-state index contributed by atoms with van der Waals surface area (Å²) in [6.45, 7) is 1.84. The maximum atomic E-state index is 12.4. The standard InChI is InChI=1S/C20H21N5O2/c1-24(20(26)27-13-16-4-2-3-8-22-16)18-6-5-15-7-9-25(19(15)10-18)12-17-11-21-14-23-17/h2-6,8,10-11,14H,7,9,12-13H2,1H3,(H,21,23). The minimum absolute atomic E-state index is 0.153. The second kappa shape index (κ2) is 7.49. The number of benzene rings is 1. The van der Waals surface area contributed by atoms with Gasteiger partial charge in [0, 0.05) is 37.4 Å². The first kappa shape index (κ1) is 17.1. The highest BCUT2D eigenvalue weighted by atomic mass is 16.6. The third-order valence-electron chi connectivity index (χ3n) is 4.70. The molecule has 4 rings (SSSR count). The molecule has 0 spiro atoms. The number of fused-ring (bicyclic) bond motifs is 1. The van der Waals surface area contributed by atoms with Gasteiger partial charge in [-0.1, -0.05) is 12.1 Å². The summed E-state index contributed by atoms with van der Waals surface area (Å²) in [4.78, 5) is 27.7. The average molecular weight is 363 g/mol. The number of hydrogen-bond donors (Lipinski definition) is 1. The molecule has 138 valence electrons. The SMILES string of the molecule is CN(C(=O)OCc1ccccn1)c1ccc2c(c1)N(Cc1c[nH]cn1)CC2. The Morgan fingerprint density at radius 2 is 2.19 bits per heavy atom. The smallest absolute Gasteiger partial charge is 0.414 e. The van der Waals surface area contributed by atoms with Gasteiger partial charge in [-0.3, -0.25) is 9.88 Å². The van der Waals surface area contributed by atoms with Crippen molar-refractivity contribution in [3.8, 4) is 0 Å². The minimum Gasteiger partial charge on any atom is -0.443 e. The fraction of sp³-hybridized carbons (Fsp3) is 0.250. The van der Waals surface area contributed by atoms with E-state index >= 15 is 0 Å². The lowest BCUT2D eigenvalue weighted by Crippen LogP contribution is -2.27. The molecule has 0 fully saturated rings. The van der Waals surface area contributed by atoms with Crippen molar-refractivity contribution in [2.45, 2.75) is 19.6 Å². The summed E-state index contributed by atoms with van der Waals surface area (Å²) in [7, 11) is 1.72. The first-order valence-electron chi connectivity index (χ1n) is 8.86. The monoisotopic (exact) mass is 363 g/mol. The van der Waals surface area contributed by atoms with Gasteiger partial charge in [0.15, 0.2) is 0 Å². The summed E-state index contributed by atoms with van der Waals surface area (Å²) < 4.78 is 5.37. The lowest BCUT2D eigenvalue weighted by atomic mass is 10.1. The van der Waals surface area contributed by atoms with Crippen LogP contribution >= 0.6 is 0 Å². The summed E-state index contributed by atoms with van der Waals surface area (Å²) >= 11 is 0. The molecule has 3 heterocycles. The van der Waals surface area contributed by atoms with Crippen LogP contribution in [0.15, 0.2) is 55.1 Å². The zero-order valence-corrected chi connectivity index (χ0v) is 15.1. The predicted molar refractivity (Wildman–Crippen MR) is 103 cm³/mol. The van der Waals surface area contributed by atoms with Crippen molar-refractivity contribution in [3.05, 3.63) is 72.1 Å². The van der Waals surface area contributed by atoms with Gasteiger partial charge in [0.05, 0.1) is 24.3 Å².